The summed E-state index contributed by atoms with van der Waals surface area (Å²) in [4.78, 5) is 28.8. The van der Waals surface area contributed by atoms with Crippen LogP contribution >= 0.6 is 23.8 Å². The molecule has 0 saturated carbocycles. The first-order chi connectivity index (χ1) is 13.9. The number of ether oxygens (including phenoxy) is 1. The summed E-state index contributed by atoms with van der Waals surface area (Å²) in [5.41, 5.74) is 1.23. The van der Waals surface area contributed by atoms with E-state index in [1.807, 2.05) is 0 Å². The van der Waals surface area contributed by atoms with Gasteiger partial charge < -0.3 is 15.0 Å². The zero-order valence-corrected chi connectivity index (χ0v) is 17.4. The quantitative estimate of drug-likeness (QED) is 0.534. The monoisotopic (exact) mass is 429 g/mol. The minimum atomic E-state index is -0.713. The number of hydrogen-bond acceptors (Lipinski definition) is 4. The van der Waals surface area contributed by atoms with Crippen molar-refractivity contribution in [1.82, 2.24) is 4.90 Å². The molecular weight excluding hydrogens is 410 g/mol. The lowest BCUT2D eigenvalue weighted by Crippen LogP contribution is -2.37. The Bertz CT molecular complexity index is 931. The molecule has 1 aliphatic heterocycles. The summed E-state index contributed by atoms with van der Waals surface area (Å²) < 4.78 is 5.11. The van der Waals surface area contributed by atoms with E-state index in [0.29, 0.717) is 33.8 Å². The number of anilines is 2. The molecule has 1 N–H and O–H groups in total. The molecule has 1 heterocycles. The van der Waals surface area contributed by atoms with Gasteiger partial charge in [-0.05, 0) is 60.7 Å². The van der Waals surface area contributed by atoms with Crippen molar-refractivity contribution in [3.63, 3.8) is 0 Å². The minimum Gasteiger partial charge on any atom is -0.497 e. The third-order valence-electron chi connectivity index (χ3n) is 4.48. The molecule has 8 heteroatoms. The number of carbonyl (C=O) groups is 2. The highest BCUT2D eigenvalue weighted by Gasteiger charge is 2.43. The fourth-order valence-corrected chi connectivity index (χ4v) is 3.59. The van der Waals surface area contributed by atoms with Crippen LogP contribution in [0.2, 0.25) is 5.02 Å². The molecule has 2 aromatic carbocycles. The summed E-state index contributed by atoms with van der Waals surface area (Å²) >= 11 is 11.5. The van der Waals surface area contributed by atoms with Crippen LogP contribution in [0.3, 0.4) is 0 Å². The highest BCUT2D eigenvalue weighted by atomic mass is 35.5. The van der Waals surface area contributed by atoms with Gasteiger partial charge in [-0.1, -0.05) is 17.7 Å². The van der Waals surface area contributed by atoms with Gasteiger partial charge in [0.2, 0.25) is 5.91 Å². The maximum Gasteiger partial charge on any atom is 0.256 e. The molecule has 1 unspecified atom stereocenters. The standard InChI is InChI=1S/C21H20ClN3O3S/c1-3-12-24-18(13-19(26)23-15-6-10-17(28-2)11-7-15)20(27)25(21(24)29)16-8-4-14(22)5-9-16/h3-11,18H,1,12-13H2,2H3,(H,23,26). The van der Waals surface area contributed by atoms with E-state index in [1.54, 1.807) is 66.6 Å². The number of nitrogens with one attached hydrogen (secondary N) is 1. The summed E-state index contributed by atoms with van der Waals surface area (Å²) in [6, 6.07) is 13.1. The van der Waals surface area contributed by atoms with Crippen LogP contribution in [0.5, 0.6) is 5.75 Å². The van der Waals surface area contributed by atoms with Crippen molar-refractivity contribution >= 4 is 52.1 Å². The Hall–Kier alpha value is -2.90. The smallest absolute Gasteiger partial charge is 0.256 e. The molecule has 0 aliphatic carbocycles. The van der Waals surface area contributed by atoms with Crippen LogP contribution in [-0.4, -0.2) is 41.5 Å². The third kappa shape index (κ3) is 4.58. The summed E-state index contributed by atoms with van der Waals surface area (Å²) in [6.07, 6.45) is 1.61. The van der Waals surface area contributed by atoms with Crippen molar-refractivity contribution < 1.29 is 14.3 Å². The van der Waals surface area contributed by atoms with Crippen LogP contribution in [0, 0.1) is 0 Å². The number of hydrogen-bond donors (Lipinski definition) is 1. The number of thiocarbonyl (C=S) groups is 1. The van der Waals surface area contributed by atoms with E-state index in [4.69, 9.17) is 28.6 Å². The minimum absolute atomic E-state index is 0.0388. The SMILES string of the molecule is C=CCN1C(=S)N(c2ccc(Cl)cc2)C(=O)C1CC(=O)Nc1ccc(OC)cc1. The lowest BCUT2D eigenvalue weighted by Gasteiger charge is -2.22. The van der Waals surface area contributed by atoms with Crippen LogP contribution in [0.25, 0.3) is 0 Å². The van der Waals surface area contributed by atoms with Crippen LogP contribution < -0.4 is 15.0 Å². The van der Waals surface area contributed by atoms with Gasteiger partial charge in [-0.3, -0.25) is 14.5 Å². The molecule has 150 valence electrons. The molecule has 2 aromatic rings. The van der Waals surface area contributed by atoms with Gasteiger partial charge in [0.25, 0.3) is 5.91 Å². The first kappa shape index (κ1) is 20.8. The fourth-order valence-electron chi connectivity index (χ4n) is 3.07. The maximum atomic E-state index is 13.1. The largest absolute Gasteiger partial charge is 0.497 e. The maximum absolute atomic E-state index is 13.1. The van der Waals surface area contributed by atoms with Gasteiger partial charge in [0, 0.05) is 17.3 Å². The average molecular weight is 430 g/mol. The van der Waals surface area contributed by atoms with E-state index < -0.39 is 6.04 Å². The Balaban J connectivity index is 1.77. The molecule has 3 rings (SSSR count). The molecule has 0 radical (unpaired) electrons. The molecule has 1 atom stereocenters. The van der Waals surface area contributed by atoms with Crippen molar-refractivity contribution in [3.05, 3.63) is 66.2 Å². The van der Waals surface area contributed by atoms with Crippen LogP contribution in [-0.2, 0) is 9.59 Å². The predicted octanol–water partition coefficient (Wildman–Crippen LogP) is 3.87. The first-order valence-electron chi connectivity index (χ1n) is 8.89. The van der Waals surface area contributed by atoms with Crippen molar-refractivity contribution in [3.8, 4) is 5.75 Å². The number of benzene rings is 2. The molecule has 2 amide bonds. The van der Waals surface area contributed by atoms with Crippen LogP contribution in [0.1, 0.15) is 6.42 Å². The van der Waals surface area contributed by atoms with Gasteiger partial charge in [0.15, 0.2) is 5.11 Å². The molecule has 29 heavy (non-hydrogen) atoms. The van der Waals surface area contributed by atoms with Gasteiger partial charge in [-0.2, -0.15) is 0 Å². The summed E-state index contributed by atoms with van der Waals surface area (Å²) in [5.74, 6) is 0.141. The van der Waals surface area contributed by atoms with Gasteiger partial charge >= 0.3 is 0 Å². The fraction of sp³-hybridized carbons (Fsp3) is 0.190. The molecule has 0 bridgehead atoms. The second kappa shape index (κ2) is 9.07. The lowest BCUT2D eigenvalue weighted by molar-refractivity contribution is -0.124. The number of halogens is 1. The molecule has 1 aliphatic rings. The normalized spacial score (nSPS) is 16.1. The van der Waals surface area contributed by atoms with Crippen molar-refractivity contribution in [2.45, 2.75) is 12.5 Å². The zero-order chi connectivity index (χ0) is 21.0. The number of methoxy groups -OCH3 is 1. The zero-order valence-electron chi connectivity index (χ0n) is 15.8. The average Bonchev–Trinajstić information content (AvgIpc) is 2.94. The Morgan fingerprint density at radius 3 is 2.48 bits per heavy atom. The van der Waals surface area contributed by atoms with E-state index in [2.05, 4.69) is 11.9 Å². The Labute approximate surface area is 179 Å². The van der Waals surface area contributed by atoms with Crippen LogP contribution in [0.15, 0.2) is 61.2 Å². The molecule has 0 aromatic heterocycles. The number of carbonyl (C=O) groups excluding carboxylic acids is 2. The van der Waals surface area contributed by atoms with E-state index >= 15 is 0 Å². The van der Waals surface area contributed by atoms with E-state index in [1.165, 1.54) is 4.90 Å². The van der Waals surface area contributed by atoms with Crippen molar-refractivity contribution in [2.75, 3.05) is 23.9 Å². The van der Waals surface area contributed by atoms with E-state index in [-0.39, 0.29) is 18.2 Å². The second-order valence-corrected chi connectivity index (χ2v) is 7.17. The Morgan fingerprint density at radius 2 is 1.90 bits per heavy atom. The predicted molar refractivity (Wildman–Crippen MR) is 118 cm³/mol. The molecule has 1 fully saturated rings. The Morgan fingerprint density at radius 1 is 1.24 bits per heavy atom. The van der Waals surface area contributed by atoms with Crippen molar-refractivity contribution in [2.24, 2.45) is 0 Å². The first-order valence-corrected chi connectivity index (χ1v) is 9.68. The number of nitrogens with zero attached hydrogens (tertiary/aromatic N) is 2. The summed E-state index contributed by atoms with van der Waals surface area (Å²) in [7, 11) is 1.57. The third-order valence-corrected chi connectivity index (χ3v) is 5.15. The summed E-state index contributed by atoms with van der Waals surface area (Å²) in [6.45, 7) is 4.09. The molecular formula is C21H20ClN3O3S. The van der Waals surface area contributed by atoms with E-state index in [9.17, 15) is 9.59 Å². The Kier molecular flexibility index (Phi) is 6.51. The summed E-state index contributed by atoms with van der Waals surface area (Å²) in [5, 5.41) is 3.69. The molecule has 6 nitrogen and oxygen atoms in total. The van der Waals surface area contributed by atoms with Gasteiger partial charge in [-0.25, -0.2) is 0 Å². The van der Waals surface area contributed by atoms with Crippen molar-refractivity contribution in [1.29, 1.82) is 0 Å². The molecule has 0 spiro atoms. The second-order valence-electron chi connectivity index (χ2n) is 6.37. The lowest BCUT2D eigenvalue weighted by atomic mass is 10.1. The highest BCUT2D eigenvalue weighted by molar-refractivity contribution is 7.80. The van der Waals surface area contributed by atoms with Gasteiger partial charge in [0.05, 0.1) is 19.2 Å². The topological polar surface area (TPSA) is 61.9 Å². The molecule has 1 saturated heterocycles. The van der Waals surface area contributed by atoms with Gasteiger partial charge in [-0.15, -0.1) is 6.58 Å². The van der Waals surface area contributed by atoms with Gasteiger partial charge in [0.1, 0.15) is 11.8 Å². The van der Waals surface area contributed by atoms with E-state index in [0.717, 1.165) is 0 Å². The number of rotatable bonds is 7. The highest BCUT2D eigenvalue weighted by Crippen LogP contribution is 2.28. The number of amides is 2. The van der Waals surface area contributed by atoms with Crippen LogP contribution in [0.4, 0.5) is 11.4 Å².